The van der Waals surface area contributed by atoms with E-state index in [1.807, 2.05) is 0 Å². The second-order valence-corrected chi connectivity index (χ2v) is 8.63. The third-order valence-electron chi connectivity index (χ3n) is 5.94. The van der Waals surface area contributed by atoms with Crippen LogP contribution in [0, 0.1) is 0 Å². The zero-order chi connectivity index (χ0) is 25.0. The van der Waals surface area contributed by atoms with Crippen LogP contribution in [0.1, 0.15) is 18.4 Å². The average molecular weight is 496 g/mol. The normalized spacial score (nSPS) is 17.9. The van der Waals surface area contributed by atoms with Crippen LogP contribution in [-0.2, 0) is 6.54 Å². The summed E-state index contributed by atoms with van der Waals surface area (Å²) in [5.41, 5.74) is 5.92. The fraction of sp³-hybridized carbons (Fsp3) is 0.500. The molecule has 0 aliphatic carbocycles. The molecule has 2 aliphatic rings. The lowest BCUT2D eigenvalue weighted by Crippen LogP contribution is -2.48. The van der Waals surface area contributed by atoms with Gasteiger partial charge in [-0.25, -0.2) is 9.59 Å². The number of hydrogen-bond acceptors (Lipinski definition) is 7. The average Bonchev–Trinajstić information content (AvgIpc) is 2.80. The molecule has 0 spiro atoms. The van der Waals surface area contributed by atoms with Crippen molar-refractivity contribution in [3.8, 4) is 11.4 Å². The number of nitrogens with two attached hydrogens (primary N) is 1. The fourth-order valence-electron chi connectivity index (χ4n) is 4.16. The SMILES string of the molecule is NC1CCN(Cc2cc(OC(F)(F)F)cc(-n3ccc(NC(=O)N4CCNCC4)nc3=O)c2)CC1. The van der Waals surface area contributed by atoms with E-state index < -0.39 is 17.8 Å². The minimum Gasteiger partial charge on any atom is -0.406 e. The van der Waals surface area contributed by atoms with Gasteiger partial charge in [-0.3, -0.25) is 14.8 Å². The van der Waals surface area contributed by atoms with Crippen molar-refractivity contribution in [2.75, 3.05) is 44.6 Å². The molecule has 2 amide bonds. The number of hydrogen-bond donors (Lipinski definition) is 3. The van der Waals surface area contributed by atoms with Crippen LogP contribution in [0.3, 0.4) is 0 Å². The molecule has 3 heterocycles. The number of amides is 2. The first kappa shape index (κ1) is 24.9. The van der Waals surface area contributed by atoms with Crippen LogP contribution in [0.25, 0.3) is 5.69 Å². The molecule has 2 aromatic rings. The summed E-state index contributed by atoms with van der Waals surface area (Å²) < 4.78 is 44.1. The number of nitrogens with zero attached hydrogens (tertiary/aromatic N) is 4. The number of alkyl halides is 3. The number of piperidine rings is 1. The van der Waals surface area contributed by atoms with Crippen LogP contribution < -0.4 is 26.8 Å². The number of nitrogens with one attached hydrogen (secondary N) is 2. The number of urea groups is 1. The van der Waals surface area contributed by atoms with Crippen LogP contribution in [0.4, 0.5) is 23.8 Å². The molecule has 10 nitrogen and oxygen atoms in total. The monoisotopic (exact) mass is 495 g/mol. The summed E-state index contributed by atoms with van der Waals surface area (Å²) in [5, 5.41) is 5.73. The van der Waals surface area contributed by atoms with Crippen molar-refractivity contribution in [2.24, 2.45) is 5.73 Å². The van der Waals surface area contributed by atoms with Gasteiger partial charge in [-0.15, -0.1) is 13.2 Å². The van der Waals surface area contributed by atoms with Crippen molar-refractivity contribution in [3.05, 3.63) is 46.5 Å². The highest BCUT2D eigenvalue weighted by Crippen LogP contribution is 2.27. The zero-order valence-corrected chi connectivity index (χ0v) is 19.1. The summed E-state index contributed by atoms with van der Waals surface area (Å²) in [5.74, 6) is -0.371. The number of aromatic nitrogens is 2. The number of likely N-dealkylation sites (tertiary alicyclic amines) is 1. The van der Waals surface area contributed by atoms with Crippen LogP contribution in [0.2, 0.25) is 0 Å². The van der Waals surface area contributed by atoms with E-state index in [4.69, 9.17) is 5.73 Å². The van der Waals surface area contributed by atoms with E-state index in [0.29, 0.717) is 38.3 Å². The first-order valence-corrected chi connectivity index (χ1v) is 11.4. The number of benzene rings is 1. The number of carbonyl (C=O) groups is 1. The number of anilines is 1. The Morgan fingerprint density at radius 1 is 1.17 bits per heavy atom. The Labute approximate surface area is 199 Å². The standard InChI is InChI=1S/C22H28F3N7O3/c23-22(24,25)35-18-12-15(14-30-6-1-16(26)2-7-30)11-17(13-18)32-8-3-19(29-21(32)34)28-20(33)31-9-4-27-5-10-31/h3,8,11-13,16,27H,1-2,4-7,9-10,14,26H2,(H,28,29,33,34). The van der Waals surface area contributed by atoms with Gasteiger partial charge < -0.3 is 20.7 Å². The minimum absolute atomic E-state index is 0.0577. The number of halogens is 3. The van der Waals surface area contributed by atoms with Gasteiger partial charge in [0.05, 0.1) is 5.69 Å². The van der Waals surface area contributed by atoms with E-state index in [1.165, 1.54) is 18.3 Å². The quantitative estimate of drug-likeness (QED) is 0.575. The molecule has 2 aliphatic heterocycles. The van der Waals surface area contributed by atoms with Gasteiger partial charge in [-0.1, -0.05) is 0 Å². The van der Waals surface area contributed by atoms with Gasteiger partial charge in [0.15, 0.2) is 0 Å². The van der Waals surface area contributed by atoms with Gasteiger partial charge in [0.1, 0.15) is 11.6 Å². The Balaban J connectivity index is 1.56. The third kappa shape index (κ3) is 6.93. The van der Waals surface area contributed by atoms with Crippen LogP contribution in [0.5, 0.6) is 5.75 Å². The van der Waals surface area contributed by atoms with E-state index in [0.717, 1.165) is 36.6 Å². The maximum absolute atomic E-state index is 12.9. The lowest BCUT2D eigenvalue weighted by Gasteiger charge is -2.30. The third-order valence-corrected chi connectivity index (χ3v) is 5.94. The Hall–Kier alpha value is -3.16. The van der Waals surface area contributed by atoms with E-state index in [-0.39, 0.29) is 23.6 Å². The number of carbonyl (C=O) groups excluding carboxylic acids is 1. The molecule has 0 atom stereocenters. The van der Waals surface area contributed by atoms with Crippen LogP contribution in [0.15, 0.2) is 35.3 Å². The van der Waals surface area contributed by atoms with Crippen molar-refractivity contribution < 1.29 is 22.7 Å². The van der Waals surface area contributed by atoms with Gasteiger partial charge in [0, 0.05) is 51.0 Å². The predicted molar refractivity (Wildman–Crippen MR) is 122 cm³/mol. The summed E-state index contributed by atoms with van der Waals surface area (Å²) in [6.07, 6.45) is -1.92. The van der Waals surface area contributed by atoms with Gasteiger partial charge in [-0.05, 0) is 49.7 Å². The molecule has 1 aromatic heterocycles. The van der Waals surface area contributed by atoms with Crippen molar-refractivity contribution in [1.82, 2.24) is 24.7 Å². The summed E-state index contributed by atoms with van der Waals surface area (Å²) in [6.45, 7) is 4.24. The number of rotatable bonds is 5. The zero-order valence-electron chi connectivity index (χ0n) is 19.1. The Morgan fingerprint density at radius 2 is 1.89 bits per heavy atom. The van der Waals surface area contributed by atoms with Crippen molar-refractivity contribution >= 4 is 11.8 Å². The molecule has 1 aromatic carbocycles. The van der Waals surface area contributed by atoms with E-state index in [1.54, 1.807) is 11.0 Å². The molecule has 0 bridgehead atoms. The molecular formula is C22H28F3N7O3. The molecule has 2 saturated heterocycles. The molecule has 4 N–H and O–H groups in total. The van der Waals surface area contributed by atoms with Gasteiger partial charge in [0.2, 0.25) is 0 Å². The molecule has 0 saturated carbocycles. The van der Waals surface area contributed by atoms with Gasteiger partial charge in [0.25, 0.3) is 0 Å². The first-order chi connectivity index (χ1) is 16.7. The van der Waals surface area contributed by atoms with Crippen molar-refractivity contribution in [3.63, 3.8) is 0 Å². The first-order valence-electron chi connectivity index (χ1n) is 11.4. The van der Waals surface area contributed by atoms with Crippen LogP contribution >= 0.6 is 0 Å². The molecule has 13 heteroatoms. The summed E-state index contributed by atoms with van der Waals surface area (Å²) >= 11 is 0. The van der Waals surface area contributed by atoms with E-state index >= 15 is 0 Å². The molecule has 35 heavy (non-hydrogen) atoms. The smallest absolute Gasteiger partial charge is 0.406 e. The number of ether oxygens (including phenoxy) is 1. The van der Waals surface area contributed by atoms with Crippen LogP contribution in [-0.4, -0.2) is 77.1 Å². The van der Waals surface area contributed by atoms with E-state index in [2.05, 4.69) is 25.3 Å². The van der Waals surface area contributed by atoms with E-state index in [9.17, 15) is 22.8 Å². The molecule has 4 rings (SSSR count). The molecule has 190 valence electrons. The molecular weight excluding hydrogens is 467 g/mol. The molecule has 0 unspecified atom stereocenters. The van der Waals surface area contributed by atoms with Crippen molar-refractivity contribution in [1.29, 1.82) is 0 Å². The highest BCUT2D eigenvalue weighted by atomic mass is 19.4. The predicted octanol–water partition coefficient (Wildman–Crippen LogP) is 1.49. The highest BCUT2D eigenvalue weighted by molar-refractivity contribution is 5.88. The lowest BCUT2D eigenvalue weighted by atomic mass is 10.0. The van der Waals surface area contributed by atoms with Crippen molar-refractivity contribution in [2.45, 2.75) is 31.8 Å². The lowest BCUT2D eigenvalue weighted by molar-refractivity contribution is -0.274. The second-order valence-electron chi connectivity index (χ2n) is 8.63. The summed E-state index contributed by atoms with van der Waals surface area (Å²) in [7, 11) is 0. The maximum Gasteiger partial charge on any atom is 0.573 e. The maximum atomic E-state index is 12.9. The largest absolute Gasteiger partial charge is 0.573 e. The topological polar surface area (TPSA) is 118 Å². The highest BCUT2D eigenvalue weighted by Gasteiger charge is 2.31. The number of piperazine rings is 1. The van der Waals surface area contributed by atoms with Gasteiger partial charge in [-0.2, -0.15) is 4.98 Å². The van der Waals surface area contributed by atoms with Gasteiger partial charge >= 0.3 is 18.1 Å². The summed E-state index contributed by atoms with van der Waals surface area (Å²) in [6, 6.07) is 5.24. The Bertz CT molecular complexity index is 1090. The molecule has 0 radical (unpaired) electrons. The Morgan fingerprint density at radius 3 is 2.54 bits per heavy atom. The Kier molecular flexibility index (Phi) is 7.57. The fourth-order valence-corrected chi connectivity index (χ4v) is 4.16. The minimum atomic E-state index is -4.88. The molecule has 2 fully saturated rings. The second kappa shape index (κ2) is 10.6. The summed E-state index contributed by atoms with van der Waals surface area (Å²) in [4.78, 5) is 32.7.